The zero-order valence-corrected chi connectivity index (χ0v) is 11.2. The maximum Gasteiger partial charge on any atom is 0.347 e. The molecule has 0 atom stereocenters. The first-order valence-corrected chi connectivity index (χ1v) is 6.02. The van der Waals surface area contributed by atoms with Gasteiger partial charge in [0.05, 0.1) is 19.6 Å². The fourth-order valence-corrected chi connectivity index (χ4v) is 1.58. The Morgan fingerprint density at radius 2 is 0.900 bits per heavy atom. The summed E-state index contributed by atoms with van der Waals surface area (Å²) >= 11 is 0. The van der Waals surface area contributed by atoms with Crippen molar-refractivity contribution in [2.24, 2.45) is 0 Å². The van der Waals surface area contributed by atoms with Gasteiger partial charge in [0.1, 0.15) is 0 Å². The van der Waals surface area contributed by atoms with Gasteiger partial charge in [0.15, 0.2) is 0 Å². The summed E-state index contributed by atoms with van der Waals surface area (Å²) in [6.45, 7) is 10.5. The minimum Gasteiger partial charge on any atom is -0.336 e. The molecule has 0 spiro atoms. The molecule has 0 aliphatic heterocycles. The number of rotatable bonds is 3. The highest BCUT2D eigenvalue weighted by atomic mass is 19.4. The van der Waals surface area contributed by atoms with Crippen LogP contribution in [0, 0.1) is 6.42 Å². The van der Waals surface area contributed by atoms with Crippen molar-refractivity contribution in [1.29, 1.82) is 0 Å². The number of hydrogen-bond acceptors (Lipinski definition) is 0. The average Bonchev–Trinajstić information content (AvgIpc) is 2.37. The van der Waals surface area contributed by atoms with Gasteiger partial charge in [-0.05, 0) is 20.8 Å². The number of quaternary nitrogens is 1. The van der Waals surface area contributed by atoms with E-state index in [4.69, 9.17) is 0 Å². The van der Waals surface area contributed by atoms with Gasteiger partial charge in [0, 0.05) is 0 Å². The van der Waals surface area contributed by atoms with E-state index in [9.17, 15) is 35.1 Å². The van der Waals surface area contributed by atoms with Crippen LogP contribution in [-0.2, 0) is 0 Å². The molecule has 0 aromatic rings. The fourth-order valence-electron chi connectivity index (χ4n) is 1.58. The number of nitrogens with one attached hydrogen (secondary N) is 1. The maximum atomic E-state index is 12.0. The van der Waals surface area contributed by atoms with E-state index in [1.54, 1.807) is 4.90 Å². The lowest BCUT2D eigenvalue weighted by atomic mass is 10.2. The van der Waals surface area contributed by atoms with Crippen molar-refractivity contribution in [2.45, 2.75) is 44.5 Å². The van der Waals surface area contributed by atoms with Crippen LogP contribution < -0.4 is 4.90 Å². The molecule has 0 saturated heterocycles. The van der Waals surface area contributed by atoms with Crippen LogP contribution in [0.5, 0.6) is 0 Å². The average molecular weight is 315 g/mol. The van der Waals surface area contributed by atoms with Crippen LogP contribution in [0.4, 0.5) is 35.1 Å². The molecule has 20 heavy (non-hydrogen) atoms. The van der Waals surface area contributed by atoms with Crippen molar-refractivity contribution in [3.8, 4) is 0 Å². The Kier molecular flexibility index (Phi) is 5.85. The van der Waals surface area contributed by atoms with Crippen molar-refractivity contribution in [1.82, 2.24) is 0 Å². The molecule has 9 heteroatoms. The Labute approximate surface area is 111 Å². The summed E-state index contributed by atoms with van der Waals surface area (Å²) in [5.41, 5.74) is 0. The van der Waals surface area contributed by atoms with Crippen molar-refractivity contribution in [3.63, 3.8) is 0 Å². The molecule has 1 rings (SSSR count). The van der Waals surface area contributed by atoms with Gasteiger partial charge in [0.25, 0.3) is 0 Å². The minimum absolute atomic E-state index is 1.27. The Bertz CT molecular complexity index is 282. The topological polar surface area (TPSA) is 4.44 Å². The van der Waals surface area contributed by atoms with E-state index in [0.29, 0.717) is 0 Å². The summed E-state index contributed by atoms with van der Waals surface area (Å²) in [6, 6.07) is 0. The Morgan fingerprint density at radius 1 is 0.650 bits per heavy atom. The van der Waals surface area contributed by atoms with E-state index >= 15 is 0 Å². The van der Waals surface area contributed by atoms with Crippen molar-refractivity contribution >= 4 is 0 Å². The molecule has 1 nitrogen and oxygen atoms in total. The second kappa shape index (κ2) is 6.03. The van der Waals surface area contributed by atoms with E-state index < -0.39 is 30.1 Å². The molecule has 1 saturated carbocycles. The normalized spacial score (nSPS) is 25.2. The molecular formula is C11H17F8N. The van der Waals surface area contributed by atoms with Crippen LogP contribution in [0.15, 0.2) is 0 Å². The summed E-state index contributed by atoms with van der Waals surface area (Å²) in [4.78, 5) is 1.68. The van der Waals surface area contributed by atoms with Gasteiger partial charge >= 0.3 is 11.8 Å². The molecule has 0 aromatic carbocycles. The highest BCUT2D eigenvalue weighted by Gasteiger charge is 2.81. The third-order valence-electron chi connectivity index (χ3n) is 3.09. The molecule has 0 unspecified atom stereocenters. The SMILES string of the molecule is CC[NH+](CC)CC.FC1(F)[CH-]C(F)(F)C(F)(F)C1(F)F. The lowest BCUT2D eigenvalue weighted by molar-refractivity contribution is -0.894. The predicted octanol–water partition coefficient (Wildman–Crippen LogP) is 2.68. The number of hydrogen-bond donors (Lipinski definition) is 1. The Balaban J connectivity index is 0.000000441. The van der Waals surface area contributed by atoms with E-state index in [1.165, 1.54) is 19.6 Å². The Morgan fingerprint density at radius 3 is 0.950 bits per heavy atom. The molecule has 0 radical (unpaired) electrons. The van der Waals surface area contributed by atoms with Gasteiger partial charge < -0.3 is 4.90 Å². The first-order chi connectivity index (χ1) is 8.80. The first-order valence-electron chi connectivity index (χ1n) is 6.02. The van der Waals surface area contributed by atoms with E-state index in [0.717, 1.165) is 0 Å². The van der Waals surface area contributed by atoms with Crippen LogP contribution in [0.25, 0.3) is 0 Å². The van der Waals surface area contributed by atoms with Crippen molar-refractivity contribution in [3.05, 3.63) is 6.42 Å². The van der Waals surface area contributed by atoms with Gasteiger partial charge in [-0.1, -0.05) is 0 Å². The quantitative estimate of drug-likeness (QED) is 0.603. The van der Waals surface area contributed by atoms with E-state index in [2.05, 4.69) is 20.8 Å². The second-order valence-corrected chi connectivity index (χ2v) is 4.35. The molecule has 1 fully saturated rings. The Hall–Kier alpha value is -0.600. The van der Waals surface area contributed by atoms with E-state index in [-0.39, 0.29) is 0 Å². The van der Waals surface area contributed by atoms with E-state index in [1.807, 2.05) is 0 Å². The van der Waals surface area contributed by atoms with Crippen LogP contribution in [0.2, 0.25) is 0 Å². The first kappa shape index (κ1) is 19.4. The number of alkyl halides is 8. The molecule has 1 aliphatic rings. The van der Waals surface area contributed by atoms with Gasteiger partial charge in [-0.3, -0.25) is 0 Å². The predicted molar refractivity (Wildman–Crippen MR) is 56.7 cm³/mol. The lowest BCUT2D eigenvalue weighted by Crippen LogP contribution is -3.11. The number of halogens is 8. The molecule has 0 heterocycles. The minimum atomic E-state index is -6.05. The van der Waals surface area contributed by atoms with Gasteiger partial charge in [-0.15, -0.1) is 0 Å². The second-order valence-electron chi connectivity index (χ2n) is 4.35. The zero-order chi connectivity index (χ0) is 16.4. The third-order valence-corrected chi connectivity index (χ3v) is 3.09. The molecule has 122 valence electrons. The summed E-state index contributed by atoms with van der Waals surface area (Å²) in [6.07, 6.45) is -1.62. The molecule has 0 aromatic heterocycles. The third kappa shape index (κ3) is 3.17. The summed E-state index contributed by atoms with van der Waals surface area (Å²) in [7, 11) is 0. The standard InChI is InChI=1S/C6H15N.C5HF8/c1-4-7(5-2)6-3;6-2(7)1-3(8,9)5(12,13)4(2,10)11/h4-6H2,1-3H3;1H/q;-1/p+1. The van der Waals surface area contributed by atoms with Gasteiger partial charge in [0.2, 0.25) is 11.8 Å². The molecule has 0 bridgehead atoms. The van der Waals surface area contributed by atoms with Crippen LogP contribution in [0.1, 0.15) is 20.8 Å². The van der Waals surface area contributed by atoms with Crippen molar-refractivity contribution < 1.29 is 40.0 Å². The smallest absolute Gasteiger partial charge is 0.336 e. The van der Waals surface area contributed by atoms with Gasteiger partial charge in [-0.25, -0.2) is 17.6 Å². The van der Waals surface area contributed by atoms with Crippen LogP contribution in [-0.4, -0.2) is 43.3 Å². The molecule has 1 aliphatic carbocycles. The highest BCUT2D eigenvalue weighted by molar-refractivity contribution is 5.23. The van der Waals surface area contributed by atoms with Crippen LogP contribution >= 0.6 is 0 Å². The summed E-state index contributed by atoms with van der Waals surface area (Å²) < 4.78 is 95.7. The molecule has 1 N–H and O–H groups in total. The summed E-state index contributed by atoms with van der Waals surface area (Å²) in [5, 5.41) is 0. The fraction of sp³-hybridized carbons (Fsp3) is 0.909. The van der Waals surface area contributed by atoms with Gasteiger partial charge in [-0.2, -0.15) is 24.0 Å². The molecule has 0 amide bonds. The monoisotopic (exact) mass is 315 g/mol. The molecular weight excluding hydrogens is 298 g/mol. The van der Waals surface area contributed by atoms with Crippen molar-refractivity contribution in [2.75, 3.05) is 19.6 Å². The largest absolute Gasteiger partial charge is 0.347 e. The van der Waals surface area contributed by atoms with Crippen LogP contribution in [0.3, 0.4) is 0 Å². The summed E-state index contributed by atoms with van der Waals surface area (Å²) in [5.74, 6) is -23.1. The maximum absolute atomic E-state index is 12.0. The lowest BCUT2D eigenvalue weighted by Gasteiger charge is -2.28. The zero-order valence-electron chi connectivity index (χ0n) is 11.2. The highest BCUT2D eigenvalue weighted by Crippen LogP contribution is 2.62.